The van der Waals surface area contributed by atoms with Crippen molar-refractivity contribution in [2.24, 2.45) is 0 Å². The Balaban J connectivity index is 2.23. The highest BCUT2D eigenvalue weighted by Crippen LogP contribution is 2.49. The van der Waals surface area contributed by atoms with Gasteiger partial charge in [0.05, 0.1) is 0 Å². The molecule has 0 spiro atoms. The molecule has 0 saturated carbocycles. The van der Waals surface area contributed by atoms with Crippen LogP contribution in [0.4, 0.5) is 0 Å². The van der Waals surface area contributed by atoms with E-state index in [1.807, 2.05) is 24.3 Å². The normalized spacial score (nSPS) is 11.1. The average molecular weight is 382 g/mol. The van der Waals surface area contributed by atoms with Gasteiger partial charge >= 0.3 is 0 Å². The second kappa shape index (κ2) is 7.60. The number of aromatic hydroxyl groups is 6. The molecule has 0 aliphatic rings. The van der Waals surface area contributed by atoms with Gasteiger partial charge in [0.15, 0.2) is 23.0 Å². The molecule has 0 amide bonds. The van der Waals surface area contributed by atoms with Crippen LogP contribution in [0.2, 0.25) is 0 Å². The summed E-state index contributed by atoms with van der Waals surface area (Å²) in [5, 5.41) is 60.1. The Hall–Kier alpha value is -3.54. The number of phenols is 6. The van der Waals surface area contributed by atoms with Crippen LogP contribution in [-0.4, -0.2) is 30.6 Å². The minimum absolute atomic E-state index is 0.221. The van der Waals surface area contributed by atoms with Crippen molar-refractivity contribution >= 4 is 0 Å². The van der Waals surface area contributed by atoms with Gasteiger partial charge in [0.25, 0.3) is 0 Å². The van der Waals surface area contributed by atoms with Gasteiger partial charge in [-0.15, -0.1) is 0 Å². The van der Waals surface area contributed by atoms with Crippen molar-refractivity contribution in [2.75, 3.05) is 0 Å². The maximum Gasteiger partial charge on any atom is 0.200 e. The summed E-state index contributed by atoms with van der Waals surface area (Å²) in [5.74, 6) is -4.13. The summed E-state index contributed by atoms with van der Waals surface area (Å²) < 4.78 is 0. The lowest BCUT2D eigenvalue weighted by Crippen LogP contribution is -2.05. The van der Waals surface area contributed by atoms with Crippen LogP contribution in [0.5, 0.6) is 34.5 Å². The maximum absolute atomic E-state index is 10.4. The van der Waals surface area contributed by atoms with Crippen LogP contribution in [0.15, 0.2) is 48.5 Å². The van der Waals surface area contributed by atoms with Crippen LogP contribution in [0.3, 0.4) is 0 Å². The summed E-state index contributed by atoms with van der Waals surface area (Å²) in [6.07, 6.45) is 1.89. The molecule has 6 heteroatoms. The standard InChI is InChI=1S/C22H22O6/c1-2-3-12-4-6-13(7-5-12)18(14-8-10-16(23)21(27)19(14)25)15-9-11-17(24)22(28)20(15)26/h4-11,18,23-28H,2-3H2,1H3. The van der Waals surface area contributed by atoms with E-state index in [0.717, 1.165) is 18.4 Å². The van der Waals surface area contributed by atoms with Crippen molar-refractivity contribution in [3.8, 4) is 34.5 Å². The zero-order chi connectivity index (χ0) is 20.4. The first-order valence-electron chi connectivity index (χ1n) is 8.91. The Bertz CT molecular complexity index is 937. The molecule has 6 N–H and O–H groups in total. The highest BCUT2D eigenvalue weighted by molar-refractivity contribution is 5.63. The Morgan fingerprint density at radius 2 is 1.07 bits per heavy atom. The molecule has 146 valence electrons. The molecule has 0 unspecified atom stereocenters. The van der Waals surface area contributed by atoms with Gasteiger partial charge in [-0.3, -0.25) is 0 Å². The number of rotatable bonds is 5. The first-order chi connectivity index (χ1) is 13.3. The second-order valence-electron chi connectivity index (χ2n) is 6.67. The van der Waals surface area contributed by atoms with Crippen molar-refractivity contribution in [1.29, 1.82) is 0 Å². The first-order valence-corrected chi connectivity index (χ1v) is 8.91. The van der Waals surface area contributed by atoms with Gasteiger partial charge in [-0.1, -0.05) is 49.7 Å². The molecule has 6 nitrogen and oxygen atoms in total. The molecule has 0 aliphatic heterocycles. The molecule has 3 rings (SSSR count). The van der Waals surface area contributed by atoms with Crippen molar-refractivity contribution in [1.82, 2.24) is 0 Å². The third-order valence-corrected chi connectivity index (χ3v) is 4.80. The minimum atomic E-state index is -0.770. The van der Waals surface area contributed by atoms with E-state index in [1.54, 1.807) is 0 Å². The van der Waals surface area contributed by atoms with E-state index in [1.165, 1.54) is 24.3 Å². The van der Waals surface area contributed by atoms with Crippen LogP contribution >= 0.6 is 0 Å². The fourth-order valence-corrected chi connectivity index (χ4v) is 3.33. The number of hydrogen-bond acceptors (Lipinski definition) is 6. The molecule has 3 aromatic rings. The molecule has 0 saturated heterocycles. The molecule has 0 radical (unpaired) electrons. The fraction of sp³-hybridized carbons (Fsp3) is 0.182. The summed E-state index contributed by atoms with van der Waals surface area (Å²) >= 11 is 0. The molecule has 0 fully saturated rings. The van der Waals surface area contributed by atoms with Crippen molar-refractivity contribution in [2.45, 2.75) is 25.7 Å². The van der Waals surface area contributed by atoms with E-state index in [2.05, 4.69) is 6.92 Å². The third-order valence-electron chi connectivity index (χ3n) is 4.80. The van der Waals surface area contributed by atoms with Gasteiger partial charge < -0.3 is 30.6 Å². The van der Waals surface area contributed by atoms with E-state index in [0.29, 0.717) is 5.56 Å². The van der Waals surface area contributed by atoms with E-state index >= 15 is 0 Å². The minimum Gasteiger partial charge on any atom is -0.504 e. The molecular weight excluding hydrogens is 360 g/mol. The molecule has 0 aromatic heterocycles. The third kappa shape index (κ3) is 3.36. The Kier molecular flexibility index (Phi) is 5.22. The van der Waals surface area contributed by atoms with Gasteiger partial charge in [0.1, 0.15) is 0 Å². The summed E-state index contributed by atoms with van der Waals surface area (Å²) in [5.41, 5.74) is 2.25. The average Bonchev–Trinajstić information content (AvgIpc) is 2.69. The smallest absolute Gasteiger partial charge is 0.200 e. The van der Waals surface area contributed by atoms with Crippen LogP contribution in [0, 0.1) is 0 Å². The summed E-state index contributed by atoms with van der Waals surface area (Å²) in [6.45, 7) is 2.07. The van der Waals surface area contributed by atoms with Gasteiger partial charge in [-0.05, 0) is 29.7 Å². The van der Waals surface area contributed by atoms with Gasteiger partial charge in [-0.2, -0.15) is 0 Å². The number of aryl methyl sites for hydroxylation is 1. The summed E-state index contributed by atoms with van der Waals surface area (Å²) in [6, 6.07) is 12.9. The molecular formula is C22H22O6. The van der Waals surface area contributed by atoms with Crippen LogP contribution in [0.25, 0.3) is 0 Å². The molecule has 28 heavy (non-hydrogen) atoms. The highest BCUT2D eigenvalue weighted by atomic mass is 16.3. The zero-order valence-corrected chi connectivity index (χ0v) is 15.3. The zero-order valence-electron chi connectivity index (χ0n) is 15.3. The van der Waals surface area contributed by atoms with E-state index in [-0.39, 0.29) is 11.1 Å². The predicted octanol–water partition coefficient (Wildman–Crippen LogP) is 4.05. The monoisotopic (exact) mass is 382 g/mol. The molecule has 0 bridgehead atoms. The van der Waals surface area contributed by atoms with Crippen LogP contribution in [0.1, 0.15) is 41.5 Å². The number of benzene rings is 3. The van der Waals surface area contributed by atoms with E-state index < -0.39 is 40.4 Å². The molecule has 0 aliphatic carbocycles. The highest BCUT2D eigenvalue weighted by Gasteiger charge is 2.27. The first kappa shape index (κ1) is 19.2. The quantitative estimate of drug-likeness (QED) is 0.292. The van der Waals surface area contributed by atoms with Crippen molar-refractivity contribution in [3.63, 3.8) is 0 Å². The fourth-order valence-electron chi connectivity index (χ4n) is 3.33. The lowest BCUT2D eigenvalue weighted by atomic mass is 9.83. The second-order valence-corrected chi connectivity index (χ2v) is 6.67. The van der Waals surface area contributed by atoms with Gasteiger partial charge in [-0.25, -0.2) is 0 Å². The summed E-state index contributed by atoms with van der Waals surface area (Å²) in [4.78, 5) is 0. The lowest BCUT2D eigenvalue weighted by Gasteiger charge is -2.22. The SMILES string of the molecule is CCCc1ccc(C(c2ccc(O)c(O)c2O)c2ccc(O)c(O)c2O)cc1. The largest absolute Gasteiger partial charge is 0.504 e. The van der Waals surface area contributed by atoms with E-state index in [9.17, 15) is 30.6 Å². The Labute approximate surface area is 162 Å². The molecule has 0 atom stereocenters. The van der Waals surface area contributed by atoms with Crippen LogP contribution < -0.4 is 0 Å². The number of hydrogen-bond donors (Lipinski definition) is 6. The maximum atomic E-state index is 10.4. The predicted molar refractivity (Wildman–Crippen MR) is 104 cm³/mol. The van der Waals surface area contributed by atoms with Gasteiger partial charge in [0, 0.05) is 17.0 Å². The lowest BCUT2D eigenvalue weighted by molar-refractivity contribution is 0.360. The topological polar surface area (TPSA) is 121 Å². The molecule has 0 heterocycles. The Morgan fingerprint density at radius 3 is 1.50 bits per heavy atom. The van der Waals surface area contributed by atoms with Crippen molar-refractivity contribution in [3.05, 3.63) is 70.8 Å². The number of phenolic OH excluding ortho intramolecular Hbond substituents is 6. The molecule has 3 aromatic carbocycles. The Morgan fingerprint density at radius 1 is 0.607 bits per heavy atom. The van der Waals surface area contributed by atoms with Crippen molar-refractivity contribution < 1.29 is 30.6 Å². The van der Waals surface area contributed by atoms with Crippen LogP contribution in [-0.2, 0) is 6.42 Å². The van der Waals surface area contributed by atoms with E-state index in [4.69, 9.17) is 0 Å². The summed E-state index contributed by atoms with van der Waals surface area (Å²) in [7, 11) is 0. The van der Waals surface area contributed by atoms with Gasteiger partial charge in [0.2, 0.25) is 11.5 Å².